The lowest BCUT2D eigenvalue weighted by atomic mass is 9.95. The van der Waals surface area contributed by atoms with Gasteiger partial charge < -0.3 is 9.88 Å². The molecule has 5 rings (SSSR count). The van der Waals surface area contributed by atoms with Crippen molar-refractivity contribution in [1.82, 2.24) is 19.8 Å². The van der Waals surface area contributed by atoms with Gasteiger partial charge in [-0.3, -0.25) is 19.3 Å². The van der Waals surface area contributed by atoms with E-state index in [-0.39, 0.29) is 29.6 Å². The summed E-state index contributed by atoms with van der Waals surface area (Å²) < 4.78 is 0. The number of nitrogens with one attached hydrogen (secondary N) is 1. The smallest absolute Gasteiger partial charge is 0.261 e. The Morgan fingerprint density at radius 2 is 1.79 bits per heavy atom. The van der Waals surface area contributed by atoms with E-state index in [2.05, 4.69) is 24.0 Å². The van der Waals surface area contributed by atoms with Crippen LogP contribution in [-0.2, 0) is 0 Å². The molecule has 0 spiro atoms. The number of hydrogen-bond acceptors (Lipinski definition) is 4. The maximum absolute atomic E-state index is 13.2. The predicted molar refractivity (Wildman–Crippen MR) is 125 cm³/mol. The molecular weight excluding hydrogens is 416 g/mol. The highest BCUT2D eigenvalue weighted by Crippen LogP contribution is 2.30. The monoisotopic (exact) mass is 444 g/mol. The van der Waals surface area contributed by atoms with E-state index in [0.29, 0.717) is 36.3 Å². The second-order valence-electron chi connectivity index (χ2n) is 9.58. The third kappa shape index (κ3) is 3.81. The Bertz CT molecular complexity index is 1270. The van der Waals surface area contributed by atoms with Crippen molar-refractivity contribution in [3.8, 4) is 0 Å². The molecule has 1 aromatic heterocycles. The topological polar surface area (TPSA) is 86.4 Å². The van der Waals surface area contributed by atoms with E-state index in [1.165, 1.54) is 10.5 Å². The molecule has 3 amide bonds. The van der Waals surface area contributed by atoms with Gasteiger partial charge in [-0.25, -0.2) is 4.98 Å². The molecule has 3 heterocycles. The number of imidazole rings is 1. The summed E-state index contributed by atoms with van der Waals surface area (Å²) in [4.78, 5) is 49.8. The van der Waals surface area contributed by atoms with E-state index in [1.807, 2.05) is 24.8 Å². The van der Waals surface area contributed by atoms with Gasteiger partial charge in [0.05, 0.1) is 22.2 Å². The summed E-state index contributed by atoms with van der Waals surface area (Å²) in [5.41, 5.74) is 4.39. The van der Waals surface area contributed by atoms with Crippen LogP contribution < -0.4 is 0 Å². The number of piperidine rings is 1. The molecular formula is C26H28N4O3. The molecule has 0 unspecified atom stereocenters. The lowest BCUT2D eigenvalue weighted by Crippen LogP contribution is -2.38. The molecule has 0 aliphatic carbocycles. The molecule has 0 saturated carbocycles. The lowest BCUT2D eigenvalue weighted by molar-refractivity contribution is 0.0635. The van der Waals surface area contributed by atoms with Crippen molar-refractivity contribution in [1.29, 1.82) is 0 Å². The number of fused-ring (bicyclic) bond motifs is 2. The molecule has 33 heavy (non-hydrogen) atoms. The van der Waals surface area contributed by atoms with Crippen LogP contribution in [0.2, 0.25) is 0 Å². The molecule has 2 aliphatic rings. The van der Waals surface area contributed by atoms with Crippen LogP contribution >= 0.6 is 0 Å². The van der Waals surface area contributed by atoms with Crippen molar-refractivity contribution in [2.45, 2.75) is 39.5 Å². The number of hydrogen-bond donors (Lipinski definition) is 1. The van der Waals surface area contributed by atoms with Crippen molar-refractivity contribution in [3.05, 3.63) is 64.5 Å². The number of carbonyl (C=O) groups excluding carboxylic acids is 3. The average Bonchev–Trinajstić information content (AvgIpc) is 3.33. The third-order valence-electron chi connectivity index (χ3n) is 6.59. The molecule has 1 saturated heterocycles. The Morgan fingerprint density at radius 1 is 1.06 bits per heavy atom. The minimum absolute atomic E-state index is 0.0981. The van der Waals surface area contributed by atoms with Crippen LogP contribution in [0.3, 0.4) is 0 Å². The Kier molecular flexibility index (Phi) is 5.27. The van der Waals surface area contributed by atoms with Gasteiger partial charge in [0.1, 0.15) is 5.82 Å². The maximum atomic E-state index is 13.2. The SMILES string of the molecule is Cc1ccc2nc(C3CCN(C(=O)c4ccc5c(c4)C(=O)N(CC(C)C)C5=O)CC3)[nH]c2c1. The van der Waals surface area contributed by atoms with Gasteiger partial charge in [-0.05, 0) is 61.6 Å². The first-order valence-corrected chi connectivity index (χ1v) is 11.6. The van der Waals surface area contributed by atoms with Crippen LogP contribution in [0.5, 0.6) is 0 Å². The van der Waals surface area contributed by atoms with Gasteiger partial charge in [0.25, 0.3) is 17.7 Å². The van der Waals surface area contributed by atoms with Gasteiger partial charge in [-0.15, -0.1) is 0 Å². The van der Waals surface area contributed by atoms with Gasteiger partial charge in [0.15, 0.2) is 0 Å². The van der Waals surface area contributed by atoms with Crippen LogP contribution in [-0.4, -0.2) is 57.1 Å². The molecule has 7 heteroatoms. The number of benzene rings is 2. The van der Waals surface area contributed by atoms with Crippen molar-refractivity contribution in [2.75, 3.05) is 19.6 Å². The standard InChI is InChI=1S/C26H28N4O3/c1-15(2)14-30-25(32)19-6-5-18(13-20(19)26(30)33)24(31)29-10-8-17(9-11-29)23-27-21-7-4-16(3)12-22(21)28-23/h4-7,12-13,15,17H,8-11,14H2,1-3H3,(H,27,28). The Morgan fingerprint density at radius 3 is 2.52 bits per heavy atom. The normalized spacial score (nSPS) is 16.8. The summed E-state index contributed by atoms with van der Waals surface area (Å²) in [5, 5.41) is 0. The van der Waals surface area contributed by atoms with E-state index in [0.717, 1.165) is 29.7 Å². The molecule has 7 nitrogen and oxygen atoms in total. The summed E-state index contributed by atoms with van der Waals surface area (Å²) in [7, 11) is 0. The summed E-state index contributed by atoms with van der Waals surface area (Å²) >= 11 is 0. The number of carbonyl (C=O) groups is 3. The van der Waals surface area contributed by atoms with Crippen LogP contribution in [0.25, 0.3) is 11.0 Å². The van der Waals surface area contributed by atoms with E-state index < -0.39 is 0 Å². The highest BCUT2D eigenvalue weighted by Gasteiger charge is 2.36. The zero-order chi connectivity index (χ0) is 23.3. The van der Waals surface area contributed by atoms with E-state index >= 15 is 0 Å². The molecule has 1 N–H and O–H groups in total. The van der Waals surface area contributed by atoms with Gasteiger partial charge >= 0.3 is 0 Å². The van der Waals surface area contributed by atoms with E-state index in [9.17, 15) is 14.4 Å². The highest BCUT2D eigenvalue weighted by atomic mass is 16.2. The summed E-state index contributed by atoms with van der Waals surface area (Å²) in [6, 6.07) is 11.1. The third-order valence-corrected chi connectivity index (χ3v) is 6.59. The van der Waals surface area contributed by atoms with Crippen molar-refractivity contribution >= 4 is 28.8 Å². The van der Waals surface area contributed by atoms with Crippen molar-refractivity contribution < 1.29 is 14.4 Å². The van der Waals surface area contributed by atoms with E-state index in [1.54, 1.807) is 18.2 Å². The summed E-state index contributed by atoms with van der Waals surface area (Å²) in [6.45, 7) is 7.63. The number of aryl methyl sites for hydroxylation is 1. The largest absolute Gasteiger partial charge is 0.342 e. The van der Waals surface area contributed by atoms with Crippen LogP contribution in [0.1, 0.15) is 75.1 Å². The molecule has 2 aromatic carbocycles. The van der Waals surface area contributed by atoms with Crippen LogP contribution in [0.4, 0.5) is 0 Å². The van der Waals surface area contributed by atoms with Gasteiger partial charge in [0.2, 0.25) is 0 Å². The van der Waals surface area contributed by atoms with Gasteiger partial charge in [-0.2, -0.15) is 0 Å². The zero-order valence-electron chi connectivity index (χ0n) is 19.2. The summed E-state index contributed by atoms with van der Waals surface area (Å²) in [6.07, 6.45) is 1.66. The fraction of sp³-hybridized carbons (Fsp3) is 0.385. The number of H-pyrrole nitrogens is 1. The Hall–Kier alpha value is -3.48. The van der Waals surface area contributed by atoms with E-state index in [4.69, 9.17) is 4.98 Å². The second-order valence-corrected chi connectivity index (χ2v) is 9.58. The molecule has 1 fully saturated rings. The maximum Gasteiger partial charge on any atom is 0.261 e. The summed E-state index contributed by atoms with van der Waals surface area (Å²) in [5.74, 6) is 0.770. The van der Waals surface area contributed by atoms with Gasteiger partial charge in [0, 0.05) is 31.1 Å². The number of rotatable bonds is 4. The molecule has 0 atom stereocenters. The number of aromatic nitrogens is 2. The van der Waals surface area contributed by atoms with Crippen molar-refractivity contribution in [3.63, 3.8) is 0 Å². The zero-order valence-corrected chi connectivity index (χ0v) is 19.2. The van der Waals surface area contributed by atoms with Crippen LogP contribution in [0.15, 0.2) is 36.4 Å². The molecule has 0 bridgehead atoms. The first-order chi connectivity index (χ1) is 15.8. The van der Waals surface area contributed by atoms with Gasteiger partial charge in [-0.1, -0.05) is 19.9 Å². The Labute approximate surface area is 192 Å². The quantitative estimate of drug-likeness (QED) is 0.613. The molecule has 170 valence electrons. The average molecular weight is 445 g/mol. The highest BCUT2D eigenvalue weighted by molar-refractivity contribution is 6.22. The number of likely N-dealkylation sites (tertiary alicyclic amines) is 1. The minimum atomic E-state index is -0.308. The number of aromatic amines is 1. The second kappa shape index (κ2) is 8.14. The lowest BCUT2D eigenvalue weighted by Gasteiger charge is -2.31. The molecule has 0 radical (unpaired) electrons. The predicted octanol–water partition coefficient (Wildman–Crippen LogP) is 4.14. The van der Waals surface area contributed by atoms with Crippen molar-refractivity contribution in [2.24, 2.45) is 5.92 Å². The molecule has 2 aliphatic heterocycles. The number of amides is 3. The number of nitrogens with zero attached hydrogens (tertiary/aromatic N) is 3. The fourth-order valence-electron chi connectivity index (χ4n) is 4.83. The Balaban J connectivity index is 1.28. The fourth-order valence-corrected chi connectivity index (χ4v) is 4.83. The number of imide groups is 1. The first-order valence-electron chi connectivity index (χ1n) is 11.6. The molecule has 3 aromatic rings. The minimum Gasteiger partial charge on any atom is -0.342 e. The first kappa shape index (κ1) is 21.4. The van der Waals surface area contributed by atoms with Crippen LogP contribution in [0, 0.1) is 12.8 Å².